The number of carbonyl (C=O) groups is 2. The molecule has 2 N–H and O–H groups in total. The lowest BCUT2D eigenvalue weighted by molar-refractivity contribution is -0.117. The molecule has 1 aromatic carbocycles. The van der Waals surface area contributed by atoms with E-state index in [0.29, 0.717) is 12.1 Å². The molecule has 1 saturated heterocycles. The topological polar surface area (TPSA) is 70.7 Å². The van der Waals surface area contributed by atoms with Gasteiger partial charge < -0.3 is 15.4 Å². The Morgan fingerprint density at radius 2 is 1.97 bits per heavy atom. The summed E-state index contributed by atoms with van der Waals surface area (Å²) in [6, 6.07) is 9.37. The maximum absolute atomic E-state index is 12.8. The Balaban J connectivity index is 1.61. The van der Waals surface area contributed by atoms with E-state index >= 15 is 0 Å². The number of nitrogens with zero attached hydrogens (tertiary/aromatic N) is 1. The monoisotopic (exact) mass is 427 g/mol. The molecule has 0 atom stereocenters. The van der Waals surface area contributed by atoms with E-state index in [1.165, 1.54) is 11.3 Å². The third-order valence-corrected chi connectivity index (χ3v) is 5.95. The number of hydrogen-bond acceptors (Lipinski definition) is 5. The minimum Gasteiger partial charge on any atom is -0.379 e. The average molecular weight is 428 g/mol. The smallest absolute Gasteiger partial charge is 0.267 e. The van der Waals surface area contributed by atoms with Crippen molar-refractivity contribution in [2.24, 2.45) is 0 Å². The van der Waals surface area contributed by atoms with Gasteiger partial charge in [0.05, 0.1) is 13.2 Å². The number of benzene rings is 1. The second-order valence-electron chi connectivity index (χ2n) is 7.39. The molecule has 30 heavy (non-hydrogen) atoms. The van der Waals surface area contributed by atoms with E-state index in [-0.39, 0.29) is 17.5 Å². The summed E-state index contributed by atoms with van der Waals surface area (Å²) in [5.41, 5.74) is 2.96. The fourth-order valence-electron chi connectivity index (χ4n) is 3.18. The molecule has 0 radical (unpaired) electrons. The van der Waals surface area contributed by atoms with Crippen LogP contribution in [0.3, 0.4) is 0 Å². The zero-order chi connectivity index (χ0) is 21.3. The average Bonchev–Trinajstić information content (AvgIpc) is 3.26. The van der Waals surface area contributed by atoms with Crippen LogP contribution in [0.15, 0.2) is 41.4 Å². The molecule has 160 valence electrons. The number of amides is 2. The number of rotatable bonds is 8. The number of nitrogens with one attached hydrogen (secondary N) is 2. The van der Waals surface area contributed by atoms with E-state index in [2.05, 4.69) is 15.5 Å². The van der Waals surface area contributed by atoms with Crippen LogP contribution in [0, 0.1) is 13.8 Å². The molecule has 1 aromatic heterocycles. The van der Waals surface area contributed by atoms with Gasteiger partial charge in [-0.05, 0) is 67.6 Å². The van der Waals surface area contributed by atoms with Crippen molar-refractivity contribution >= 4 is 29.2 Å². The first-order valence-corrected chi connectivity index (χ1v) is 11.1. The quantitative estimate of drug-likeness (QED) is 0.502. The SMILES string of the molecule is Cc1ccc(C(=O)N/C(=C\c2cccs2)C(=O)NCCCN2CCOCC2)cc1C. The van der Waals surface area contributed by atoms with E-state index in [0.717, 1.165) is 55.3 Å². The third kappa shape index (κ3) is 6.52. The number of aryl methyl sites for hydroxylation is 2. The molecule has 1 fully saturated rings. The predicted molar refractivity (Wildman–Crippen MR) is 121 cm³/mol. The molecule has 1 aliphatic rings. The minimum absolute atomic E-state index is 0.257. The highest BCUT2D eigenvalue weighted by molar-refractivity contribution is 7.10. The zero-order valence-electron chi connectivity index (χ0n) is 17.6. The molecular formula is C23H29N3O3S. The Kier molecular flexibility index (Phi) is 8.19. The molecule has 0 spiro atoms. The Bertz CT molecular complexity index is 887. The Labute approximate surface area is 181 Å². The van der Waals surface area contributed by atoms with Crippen LogP contribution >= 0.6 is 11.3 Å². The van der Waals surface area contributed by atoms with Crippen LogP contribution < -0.4 is 10.6 Å². The van der Waals surface area contributed by atoms with Crippen molar-refractivity contribution in [1.29, 1.82) is 0 Å². The lowest BCUT2D eigenvalue weighted by Gasteiger charge is -2.26. The van der Waals surface area contributed by atoms with Gasteiger partial charge in [0.2, 0.25) is 0 Å². The van der Waals surface area contributed by atoms with Gasteiger partial charge in [-0.3, -0.25) is 14.5 Å². The second-order valence-corrected chi connectivity index (χ2v) is 8.37. The largest absolute Gasteiger partial charge is 0.379 e. The van der Waals surface area contributed by atoms with Gasteiger partial charge in [0.1, 0.15) is 5.70 Å². The Hall–Kier alpha value is -2.48. The van der Waals surface area contributed by atoms with Gasteiger partial charge in [-0.2, -0.15) is 0 Å². The fraction of sp³-hybridized carbons (Fsp3) is 0.391. The van der Waals surface area contributed by atoms with Crippen molar-refractivity contribution < 1.29 is 14.3 Å². The minimum atomic E-state index is -0.288. The van der Waals surface area contributed by atoms with E-state index in [9.17, 15) is 9.59 Å². The summed E-state index contributed by atoms with van der Waals surface area (Å²) >= 11 is 1.52. The van der Waals surface area contributed by atoms with Crippen LogP contribution in [0.2, 0.25) is 0 Å². The van der Waals surface area contributed by atoms with Crippen LogP contribution in [-0.4, -0.2) is 56.1 Å². The van der Waals surface area contributed by atoms with Crippen molar-refractivity contribution in [3.63, 3.8) is 0 Å². The van der Waals surface area contributed by atoms with Gasteiger partial charge in [-0.15, -0.1) is 11.3 Å². The van der Waals surface area contributed by atoms with Gasteiger partial charge in [0.15, 0.2) is 0 Å². The molecule has 0 bridgehead atoms. The van der Waals surface area contributed by atoms with Crippen molar-refractivity contribution in [2.45, 2.75) is 20.3 Å². The van der Waals surface area contributed by atoms with Crippen LogP contribution in [0.25, 0.3) is 6.08 Å². The van der Waals surface area contributed by atoms with E-state index in [4.69, 9.17) is 4.74 Å². The zero-order valence-corrected chi connectivity index (χ0v) is 18.4. The number of morpholine rings is 1. The molecule has 3 rings (SSSR count). The molecule has 1 aliphatic heterocycles. The number of ether oxygens (including phenoxy) is 1. The molecule has 6 nitrogen and oxygen atoms in total. The number of carbonyl (C=O) groups excluding carboxylic acids is 2. The standard InChI is InChI=1S/C23H29N3O3S/c1-17-6-7-19(15-18(17)2)22(27)25-21(16-20-5-3-14-30-20)23(28)24-8-4-9-26-10-12-29-13-11-26/h3,5-7,14-16H,4,8-13H2,1-2H3,(H,24,28)(H,25,27)/b21-16-. The summed E-state index contributed by atoms with van der Waals surface area (Å²) in [4.78, 5) is 28.8. The first kappa shape index (κ1) is 22.2. The van der Waals surface area contributed by atoms with Gasteiger partial charge in [-0.25, -0.2) is 0 Å². The fourth-order valence-corrected chi connectivity index (χ4v) is 3.83. The van der Waals surface area contributed by atoms with Crippen LogP contribution in [0.5, 0.6) is 0 Å². The predicted octanol–water partition coefficient (Wildman–Crippen LogP) is 2.97. The van der Waals surface area contributed by atoms with E-state index in [1.807, 2.05) is 43.5 Å². The molecular weight excluding hydrogens is 398 g/mol. The Morgan fingerprint density at radius 1 is 1.17 bits per heavy atom. The first-order chi connectivity index (χ1) is 14.5. The first-order valence-electron chi connectivity index (χ1n) is 10.2. The normalized spacial score (nSPS) is 15.1. The number of thiophene rings is 1. The van der Waals surface area contributed by atoms with Gasteiger partial charge >= 0.3 is 0 Å². The van der Waals surface area contributed by atoms with Gasteiger partial charge in [0, 0.05) is 30.1 Å². The second kappa shape index (κ2) is 11.1. The summed E-state index contributed by atoms with van der Waals surface area (Å²) in [6.07, 6.45) is 2.57. The summed E-state index contributed by atoms with van der Waals surface area (Å²) in [5, 5.41) is 7.67. The number of hydrogen-bond donors (Lipinski definition) is 2. The molecule has 7 heteroatoms. The molecule has 2 aromatic rings. The molecule has 0 unspecified atom stereocenters. The van der Waals surface area contributed by atoms with E-state index in [1.54, 1.807) is 12.1 Å². The van der Waals surface area contributed by atoms with Gasteiger partial charge in [-0.1, -0.05) is 12.1 Å². The van der Waals surface area contributed by atoms with Crippen molar-refractivity contribution in [3.8, 4) is 0 Å². The van der Waals surface area contributed by atoms with Crippen molar-refractivity contribution in [3.05, 3.63) is 63.0 Å². The summed E-state index contributed by atoms with van der Waals surface area (Å²) < 4.78 is 5.35. The molecule has 2 heterocycles. The molecule has 2 amide bonds. The highest BCUT2D eigenvalue weighted by atomic mass is 32.1. The maximum atomic E-state index is 12.8. The summed E-state index contributed by atoms with van der Waals surface area (Å²) in [6.45, 7) is 8.85. The molecule has 0 aliphatic carbocycles. The molecule has 0 saturated carbocycles. The van der Waals surface area contributed by atoms with Crippen LogP contribution in [0.4, 0.5) is 0 Å². The highest BCUT2D eigenvalue weighted by Gasteiger charge is 2.16. The summed E-state index contributed by atoms with van der Waals surface area (Å²) in [5.74, 6) is -0.563. The van der Waals surface area contributed by atoms with Crippen molar-refractivity contribution in [2.75, 3.05) is 39.4 Å². The lowest BCUT2D eigenvalue weighted by Crippen LogP contribution is -2.39. The maximum Gasteiger partial charge on any atom is 0.267 e. The van der Waals surface area contributed by atoms with Crippen LogP contribution in [-0.2, 0) is 9.53 Å². The highest BCUT2D eigenvalue weighted by Crippen LogP contribution is 2.14. The van der Waals surface area contributed by atoms with Crippen molar-refractivity contribution in [1.82, 2.24) is 15.5 Å². The lowest BCUT2D eigenvalue weighted by atomic mass is 10.1. The van der Waals surface area contributed by atoms with Gasteiger partial charge in [0.25, 0.3) is 11.8 Å². The Morgan fingerprint density at radius 3 is 2.67 bits per heavy atom. The van der Waals surface area contributed by atoms with Crippen LogP contribution in [0.1, 0.15) is 32.8 Å². The third-order valence-electron chi connectivity index (χ3n) is 5.13. The van der Waals surface area contributed by atoms with E-state index < -0.39 is 0 Å². The summed E-state index contributed by atoms with van der Waals surface area (Å²) in [7, 11) is 0.